The fraction of sp³-hybridized carbons (Fsp3) is 0.667. The molecule has 0 aromatic carbocycles. The highest BCUT2D eigenvalue weighted by atomic mass is 32.2. The first-order chi connectivity index (χ1) is 9.33. The van der Waals surface area contributed by atoms with Crippen LogP contribution in [0.4, 0.5) is 0 Å². The lowest BCUT2D eigenvalue weighted by Crippen LogP contribution is -2.38. The van der Waals surface area contributed by atoms with Crippen molar-refractivity contribution in [3.8, 4) is 0 Å². The molecule has 0 N–H and O–H groups in total. The number of ether oxygens (including phenoxy) is 2. The normalized spacial score (nSPS) is 32.1. The zero-order valence-corrected chi connectivity index (χ0v) is 11.8. The minimum absolute atomic E-state index is 0.334. The van der Waals surface area contributed by atoms with Crippen LogP contribution in [-0.2, 0) is 33.4 Å². The Morgan fingerprint density at radius 1 is 1.40 bits per heavy atom. The van der Waals surface area contributed by atoms with E-state index < -0.39 is 45.6 Å². The molecule has 2 fully saturated rings. The average Bonchev–Trinajstić information content (AvgIpc) is 2.63. The molecule has 1 saturated heterocycles. The molecule has 1 saturated carbocycles. The van der Waals surface area contributed by atoms with E-state index in [1.807, 2.05) is 0 Å². The highest BCUT2D eigenvalue weighted by Gasteiger charge is 2.48. The van der Waals surface area contributed by atoms with Crippen LogP contribution in [0.5, 0.6) is 0 Å². The monoisotopic (exact) mass is 304 g/mol. The number of esters is 2. The molecule has 0 amide bonds. The summed E-state index contributed by atoms with van der Waals surface area (Å²) in [5.74, 6) is -1.45. The molecule has 0 radical (unpaired) electrons. The fourth-order valence-electron chi connectivity index (χ4n) is 2.33. The van der Waals surface area contributed by atoms with Crippen LogP contribution in [0.15, 0.2) is 12.7 Å². The van der Waals surface area contributed by atoms with Crippen molar-refractivity contribution in [2.45, 2.75) is 49.7 Å². The Labute approximate surface area is 117 Å². The Hall–Kier alpha value is -1.41. The van der Waals surface area contributed by atoms with Crippen LogP contribution in [-0.4, -0.2) is 43.9 Å². The molecule has 4 atom stereocenters. The van der Waals surface area contributed by atoms with Gasteiger partial charge in [-0.25, -0.2) is 9.59 Å². The molecule has 1 aliphatic heterocycles. The van der Waals surface area contributed by atoms with Crippen molar-refractivity contribution in [2.75, 3.05) is 0 Å². The van der Waals surface area contributed by atoms with E-state index in [1.54, 1.807) is 0 Å². The van der Waals surface area contributed by atoms with Gasteiger partial charge in [-0.3, -0.25) is 4.18 Å². The smallest absolute Gasteiger partial charge is 0.347 e. The Kier molecular flexibility index (Phi) is 4.14. The molecule has 0 aromatic rings. The molecule has 0 aromatic heterocycles. The van der Waals surface area contributed by atoms with Gasteiger partial charge in [-0.2, -0.15) is 8.42 Å². The number of fused-ring (bicyclic) bond motifs is 2. The van der Waals surface area contributed by atoms with Gasteiger partial charge in [0, 0.05) is 6.08 Å². The standard InChI is InChI=1S/C12H16O7S/c1-3-11(13)17-7(2)12(14)18-9-5-4-8-6-10(9)19-20(8,15)16/h3,7-10H,1,4-6H2,2H3. The maximum absolute atomic E-state index is 11.8. The van der Waals surface area contributed by atoms with E-state index in [4.69, 9.17) is 13.7 Å². The first kappa shape index (κ1) is 15.0. The van der Waals surface area contributed by atoms with E-state index in [-0.39, 0.29) is 0 Å². The summed E-state index contributed by atoms with van der Waals surface area (Å²) >= 11 is 0. The van der Waals surface area contributed by atoms with Crippen molar-refractivity contribution in [3.05, 3.63) is 12.7 Å². The largest absolute Gasteiger partial charge is 0.457 e. The first-order valence-electron chi connectivity index (χ1n) is 6.29. The number of carbonyl (C=O) groups is 2. The number of carbonyl (C=O) groups excluding carboxylic acids is 2. The summed E-state index contributed by atoms with van der Waals surface area (Å²) in [6.45, 7) is 4.60. The molecular formula is C12H16O7S. The second-order valence-electron chi connectivity index (χ2n) is 4.82. The van der Waals surface area contributed by atoms with Crippen LogP contribution in [0.2, 0.25) is 0 Å². The molecule has 7 nitrogen and oxygen atoms in total. The zero-order valence-electron chi connectivity index (χ0n) is 11.0. The first-order valence-corrected chi connectivity index (χ1v) is 7.76. The Bertz CT molecular complexity index is 524. The summed E-state index contributed by atoms with van der Waals surface area (Å²) in [5, 5.41) is -0.501. The molecule has 2 rings (SSSR count). The predicted octanol–water partition coefficient (Wildman–Crippen LogP) is 0.297. The SMILES string of the molecule is C=CC(=O)OC(C)C(=O)OC1CCC2CC1OS2(=O)=O. The average molecular weight is 304 g/mol. The number of hydrogen-bond acceptors (Lipinski definition) is 7. The Balaban J connectivity index is 1.92. The van der Waals surface area contributed by atoms with Crippen LogP contribution >= 0.6 is 0 Å². The Morgan fingerprint density at radius 3 is 2.75 bits per heavy atom. The van der Waals surface area contributed by atoms with E-state index in [2.05, 4.69) is 6.58 Å². The molecule has 2 aliphatic rings. The molecule has 20 heavy (non-hydrogen) atoms. The van der Waals surface area contributed by atoms with Crippen molar-refractivity contribution < 1.29 is 31.7 Å². The second-order valence-corrected chi connectivity index (χ2v) is 6.67. The third-order valence-corrected chi connectivity index (χ3v) is 5.17. The second kappa shape index (κ2) is 5.53. The van der Waals surface area contributed by atoms with E-state index in [1.165, 1.54) is 6.92 Å². The van der Waals surface area contributed by atoms with E-state index in [0.717, 1.165) is 6.08 Å². The number of hydrogen-bond donors (Lipinski definition) is 0. The zero-order chi connectivity index (χ0) is 14.9. The van der Waals surface area contributed by atoms with Gasteiger partial charge in [-0.15, -0.1) is 0 Å². The van der Waals surface area contributed by atoms with Crippen molar-refractivity contribution in [2.24, 2.45) is 0 Å². The summed E-state index contributed by atoms with van der Waals surface area (Å²) in [6, 6.07) is 0. The lowest BCUT2D eigenvalue weighted by molar-refractivity contribution is -0.172. The van der Waals surface area contributed by atoms with Gasteiger partial charge in [-0.1, -0.05) is 6.58 Å². The van der Waals surface area contributed by atoms with Crippen molar-refractivity contribution in [1.82, 2.24) is 0 Å². The molecule has 112 valence electrons. The summed E-state index contributed by atoms with van der Waals surface area (Å²) in [5.41, 5.74) is 0. The quantitative estimate of drug-likeness (QED) is 0.418. The van der Waals surface area contributed by atoms with Gasteiger partial charge >= 0.3 is 11.9 Å². The van der Waals surface area contributed by atoms with Crippen LogP contribution in [0.25, 0.3) is 0 Å². The van der Waals surface area contributed by atoms with Crippen molar-refractivity contribution in [3.63, 3.8) is 0 Å². The van der Waals surface area contributed by atoms with Gasteiger partial charge in [0.05, 0.1) is 5.25 Å². The molecular weight excluding hydrogens is 288 g/mol. The van der Waals surface area contributed by atoms with Crippen molar-refractivity contribution in [1.29, 1.82) is 0 Å². The molecule has 4 unspecified atom stereocenters. The summed E-state index contributed by atoms with van der Waals surface area (Å²) < 4.78 is 38.0. The van der Waals surface area contributed by atoms with E-state index in [0.29, 0.717) is 19.3 Å². The fourth-order valence-corrected chi connectivity index (χ4v) is 3.88. The maximum Gasteiger partial charge on any atom is 0.347 e. The summed E-state index contributed by atoms with van der Waals surface area (Å²) in [7, 11) is -3.53. The molecule has 8 heteroatoms. The number of rotatable bonds is 4. The van der Waals surface area contributed by atoms with Gasteiger partial charge in [0.2, 0.25) is 0 Å². The minimum Gasteiger partial charge on any atom is -0.457 e. The highest BCUT2D eigenvalue weighted by molar-refractivity contribution is 7.87. The maximum atomic E-state index is 11.8. The van der Waals surface area contributed by atoms with Gasteiger partial charge in [0.25, 0.3) is 10.1 Å². The van der Waals surface area contributed by atoms with E-state index in [9.17, 15) is 18.0 Å². The van der Waals surface area contributed by atoms with Gasteiger partial charge in [-0.05, 0) is 26.2 Å². The highest BCUT2D eigenvalue weighted by Crippen LogP contribution is 2.37. The van der Waals surface area contributed by atoms with Crippen molar-refractivity contribution >= 4 is 22.1 Å². The molecule has 1 aliphatic carbocycles. The lowest BCUT2D eigenvalue weighted by Gasteiger charge is -2.26. The molecule has 1 heterocycles. The molecule has 2 bridgehead atoms. The molecule has 0 spiro atoms. The van der Waals surface area contributed by atoms with Crippen LogP contribution < -0.4 is 0 Å². The Morgan fingerprint density at radius 2 is 2.10 bits per heavy atom. The van der Waals surface area contributed by atoms with Gasteiger partial charge < -0.3 is 9.47 Å². The summed E-state index contributed by atoms with van der Waals surface area (Å²) in [4.78, 5) is 22.7. The van der Waals surface area contributed by atoms with Crippen LogP contribution in [0.3, 0.4) is 0 Å². The third kappa shape index (κ3) is 3.01. The van der Waals surface area contributed by atoms with Gasteiger partial charge in [0.15, 0.2) is 6.10 Å². The lowest BCUT2D eigenvalue weighted by atomic mass is 9.94. The summed E-state index contributed by atoms with van der Waals surface area (Å²) in [6.07, 6.45) is -0.231. The van der Waals surface area contributed by atoms with Crippen LogP contribution in [0.1, 0.15) is 26.2 Å². The minimum atomic E-state index is -3.53. The topological polar surface area (TPSA) is 96.0 Å². The van der Waals surface area contributed by atoms with Gasteiger partial charge in [0.1, 0.15) is 12.2 Å². The predicted molar refractivity (Wildman–Crippen MR) is 67.1 cm³/mol. The van der Waals surface area contributed by atoms with E-state index >= 15 is 0 Å². The van der Waals surface area contributed by atoms with Crippen LogP contribution in [0, 0.1) is 0 Å². The third-order valence-electron chi connectivity index (χ3n) is 3.41.